The molecular formula is C19H14ClF3N4O2. The molecule has 1 N–H and O–H groups in total. The normalized spacial score (nSPS) is 14.6. The number of anilines is 1. The number of hydrogen-bond donors (Lipinski definition) is 1. The van der Waals surface area contributed by atoms with Gasteiger partial charge in [-0.2, -0.15) is 18.2 Å². The van der Waals surface area contributed by atoms with Gasteiger partial charge in [-0.15, -0.1) is 0 Å². The van der Waals surface area contributed by atoms with Crippen molar-refractivity contribution in [3.8, 4) is 11.4 Å². The molecule has 2 aromatic carbocycles. The van der Waals surface area contributed by atoms with Crippen LogP contribution in [0.3, 0.4) is 0 Å². The molecule has 4 rings (SSSR count). The molecule has 10 heteroatoms. The van der Waals surface area contributed by atoms with Gasteiger partial charge in [-0.05, 0) is 36.4 Å². The number of rotatable bonds is 3. The fourth-order valence-electron chi connectivity index (χ4n) is 2.89. The van der Waals surface area contributed by atoms with Crippen molar-refractivity contribution in [3.63, 3.8) is 0 Å². The molecule has 0 aliphatic carbocycles. The Bertz CT molecular complexity index is 1030. The summed E-state index contributed by atoms with van der Waals surface area (Å²) in [5, 5.41) is 7.09. The van der Waals surface area contributed by atoms with Crippen LogP contribution in [0.5, 0.6) is 0 Å². The number of halogens is 4. The van der Waals surface area contributed by atoms with Gasteiger partial charge in [-0.3, -0.25) is 0 Å². The van der Waals surface area contributed by atoms with Crippen molar-refractivity contribution in [1.29, 1.82) is 0 Å². The van der Waals surface area contributed by atoms with Crippen molar-refractivity contribution in [3.05, 3.63) is 65.0 Å². The average molecular weight is 423 g/mol. The number of amides is 2. The van der Waals surface area contributed by atoms with Gasteiger partial charge in [0, 0.05) is 29.4 Å². The Morgan fingerprint density at radius 3 is 2.59 bits per heavy atom. The van der Waals surface area contributed by atoms with Crippen molar-refractivity contribution in [2.24, 2.45) is 0 Å². The maximum absolute atomic E-state index is 12.9. The molecule has 1 fully saturated rings. The highest BCUT2D eigenvalue weighted by molar-refractivity contribution is 6.30. The van der Waals surface area contributed by atoms with E-state index in [1.54, 1.807) is 29.2 Å². The Morgan fingerprint density at radius 2 is 1.90 bits per heavy atom. The predicted octanol–water partition coefficient (Wildman–Crippen LogP) is 5.04. The summed E-state index contributed by atoms with van der Waals surface area (Å²) in [7, 11) is 0. The Hall–Kier alpha value is -3.07. The van der Waals surface area contributed by atoms with E-state index in [0.29, 0.717) is 23.8 Å². The Balaban J connectivity index is 1.38. The molecule has 3 aromatic rings. The second kappa shape index (κ2) is 7.40. The van der Waals surface area contributed by atoms with Crippen LogP contribution in [-0.2, 0) is 6.18 Å². The molecule has 0 saturated carbocycles. The van der Waals surface area contributed by atoms with Gasteiger partial charge >= 0.3 is 12.2 Å². The minimum absolute atomic E-state index is 0.0789. The van der Waals surface area contributed by atoms with Gasteiger partial charge in [0.2, 0.25) is 11.7 Å². The first-order valence-corrected chi connectivity index (χ1v) is 9.00. The van der Waals surface area contributed by atoms with E-state index in [1.165, 1.54) is 12.1 Å². The molecule has 0 bridgehead atoms. The average Bonchev–Trinajstić information content (AvgIpc) is 3.11. The SMILES string of the molecule is O=C(Nc1ccc(Cl)cc1)N1CC(c2nc(-c3cccc(C(F)(F)F)c3)no2)C1. The second-order valence-corrected chi connectivity index (χ2v) is 7.01. The number of nitrogens with one attached hydrogen (secondary N) is 1. The zero-order valence-corrected chi connectivity index (χ0v) is 15.5. The van der Waals surface area contributed by atoms with E-state index in [1.807, 2.05) is 0 Å². The molecule has 6 nitrogen and oxygen atoms in total. The summed E-state index contributed by atoms with van der Waals surface area (Å²) in [5.74, 6) is 0.195. The first-order valence-electron chi connectivity index (χ1n) is 8.62. The summed E-state index contributed by atoms with van der Waals surface area (Å²) >= 11 is 5.81. The van der Waals surface area contributed by atoms with Crippen LogP contribution in [0.25, 0.3) is 11.4 Å². The van der Waals surface area contributed by atoms with Gasteiger partial charge in [0.05, 0.1) is 11.5 Å². The zero-order chi connectivity index (χ0) is 20.6. The van der Waals surface area contributed by atoms with E-state index in [2.05, 4.69) is 15.5 Å². The van der Waals surface area contributed by atoms with E-state index in [4.69, 9.17) is 16.1 Å². The van der Waals surface area contributed by atoms with Crippen LogP contribution in [-0.4, -0.2) is 34.2 Å². The molecule has 1 aromatic heterocycles. The predicted molar refractivity (Wildman–Crippen MR) is 99.5 cm³/mol. The number of benzene rings is 2. The number of carbonyl (C=O) groups is 1. The molecule has 0 unspecified atom stereocenters. The van der Waals surface area contributed by atoms with Crippen molar-refractivity contribution in [2.75, 3.05) is 18.4 Å². The van der Waals surface area contributed by atoms with E-state index in [0.717, 1.165) is 12.1 Å². The molecule has 1 aliphatic rings. The van der Waals surface area contributed by atoms with Gasteiger partial charge in [0.25, 0.3) is 0 Å². The summed E-state index contributed by atoms with van der Waals surface area (Å²) in [4.78, 5) is 18.0. The number of nitrogens with zero attached hydrogens (tertiary/aromatic N) is 3. The minimum Gasteiger partial charge on any atom is -0.339 e. The third-order valence-electron chi connectivity index (χ3n) is 4.50. The first-order chi connectivity index (χ1) is 13.8. The van der Waals surface area contributed by atoms with Gasteiger partial charge in [0.1, 0.15) is 0 Å². The summed E-state index contributed by atoms with van der Waals surface area (Å²) in [6, 6.07) is 11.2. The van der Waals surface area contributed by atoms with Crippen LogP contribution in [0.1, 0.15) is 17.4 Å². The molecule has 150 valence electrons. The highest BCUT2D eigenvalue weighted by Crippen LogP contribution is 2.32. The summed E-state index contributed by atoms with van der Waals surface area (Å²) in [5.41, 5.74) is 0.0500. The molecule has 1 saturated heterocycles. The third kappa shape index (κ3) is 4.19. The molecule has 2 amide bonds. The van der Waals surface area contributed by atoms with E-state index in [9.17, 15) is 18.0 Å². The largest absolute Gasteiger partial charge is 0.416 e. The molecule has 0 spiro atoms. The number of aromatic nitrogens is 2. The van der Waals surface area contributed by atoms with Gasteiger partial charge in [-0.25, -0.2) is 4.79 Å². The Kier molecular flexibility index (Phi) is 4.91. The van der Waals surface area contributed by atoms with Crippen LogP contribution in [0.15, 0.2) is 53.1 Å². The standard InChI is InChI=1S/C19H14ClF3N4O2/c20-14-4-6-15(7-5-14)24-18(28)27-9-12(10-27)17-25-16(26-29-17)11-2-1-3-13(8-11)19(21,22)23/h1-8,12H,9-10H2,(H,24,28). The van der Waals surface area contributed by atoms with Crippen LogP contribution in [0, 0.1) is 0 Å². The number of likely N-dealkylation sites (tertiary alicyclic amines) is 1. The maximum Gasteiger partial charge on any atom is 0.416 e. The van der Waals surface area contributed by atoms with Gasteiger partial charge in [-0.1, -0.05) is 28.9 Å². The fraction of sp³-hybridized carbons (Fsp3) is 0.211. The van der Waals surface area contributed by atoms with Crippen LogP contribution in [0.4, 0.5) is 23.7 Å². The number of hydrogen-bond acceptors (Lipinski definition) is 4. The lowest BCUT2D eigenvalue weighted by Gasteiger charge is -2.36. The molecular weight excluding hydrogens is 409 g/mol. The quantitative estimate of drug-likeness (QED) is 0.642. The van der Waals surface area contributed by atoms with E-state index in [-0.39, 0.29) is 29.2 Å². The molecule has 1 aliphatic heterocycles. The lowest BCUT2D eigenvalue weighted by Crippen LogP contribution is -2.50. The van der Waals surface area contributed by atoms with Crippen molar-refractivity contribution in [2.45, 2.75) is 12.1 Å². The molecule has 0 atom stereocenters. The summed E-state index contributed by atoms with van der Waals surface area (Å²) in [6.07, 6.45) is -4.45. The summed E-state index contributed by atoms with van der Waals surface area (Å²) in [6.45, 7) is 0.729. The fourth-order valence-corrected chi connectivity index (χ4v) is 3.02. The van der Waals surface area contributed by atoms with Crippen LogP contribution < -0.4 is 5.32 Å². The van der Waals surface area contributed by atoms with Crippen molar-refractivity contribution < 1.29 is 22.5 Å². The van der Waals surface area contributed by atoms with Gasteiger partial charge < -0.3 is 14.7 Å². The van der Waals surface area contributed by atoms with Crippen molar-refractivity contribution in [1.82, 2.24) is 15.0 Å². The highest BCUT2D eigenvalue weighted by atomic mass is 35.5. The van der Waals surface area contributed by atoms with Crippen LogP contribution >= 0.6 is 11.6 Å². The number of carbonyl (C=O) groups excluding carboxylic acids is 1. The molecule has 0 radical (unpaired) electrons. The third-order valence-corrected chi connectivity index (χ3v) is 4.76. The zero-order valence-electron chi connectivity index (χ0n) is 14.8. The number of urea groups is 1. The van der Waals surface area contributed by atoms with E-state index >= 15 is 0 Å². The topological polar surface area (TPSA) is 71.3 Å². The summed E-state index contributed by atoms with van der Waals surface area (Å²) < 4.78 is 43.8. The molecule has 29 heavy (non-hydrogen) atoms. The molecule has 2 heterocycles. The highest BCUT2D eigenvalue weighted by Gasteiger charge is 2.36. The second-order valence-electron chi connectivity index (χ2n) is 6.57. The first kappa shape index (κ1) is 19.3. The smallest absolute Gasteiger partial charge is 0.339 e. The maximum atomic E-state index is 12.9. The lowest BCUT2D eigenvalue weighted by atomic mass is 10.0. The Labute approximate surface area is 168 Å². The minimum atomic E-state index is -4.45. The monoisotopic (exact) mass is 422 g/mol. The van der Waals surface area contributed by atoms with Crippen molar-refractivity contribution >= 4 is 23.3 Å². The van der Waals surface area contributed by atoms with Crippen LogP contribution in [0.2, 0.25) is 5.02 Å². The lowest BCUT2D eigenvalue weighted by molar-refractivity contribution is -0.137. The Morgan fingerprint density at radius 1 is 1.17 bits per heavy atom. The van der Waals surface area contributed by atoms with E-state index < -0.39 is 11.7 Å². The van der Waals surface area contributed by atoms with Gasteiger partial charge in [0.15, 0.2) is 0 Å². The number of alkyl halides is 3.